The number of rotatable bonds is 50. The zero-order valence-electron chi connectivity index (χ0n) is 47.5. The Bertz CT molecular complexity index is 1800. The van der Waals surface area contributed by atoms with E-state index in [-0.39, 0.29) is 44.0 Å². The van der Waals surface area contributed by atoms with Crippen LogP contribution in [0.5, 0.6) is 0 Å². The van der Waals surface area contributed by atoms with E-state index in [1.807, 2.05) is 12.2 Å². The first-order chi connectivity index (χ1) is 37.0. The standard InChI is InChI=1S/C69H104O6/c1-4-7-10-13-16-19-22-25-27-29-31-32-33-34-35-36-38-39-41-44-47-50-53-56-59-62-68(71)74-65-66(64-73-67(70)61-58-55-52-49-46-43-24-21-18-15-12-9-6-3)75-69(72)63-60-57-54-51-48-45-42-40-37-30-28-26-23-20-17-14-11-8-5-2/h7-12,16-21,25-28,31-32,34-35,37-40,43,45-46,48,52,55,66H,4-6,13-15,22-24,29-30,33,36,41-42,44,47,49-51,53-54,56-65H2,1-3H3/b10-7-,11-8-,12-9-,19-16-,20-17-,21-18-,27-25-,28-26-,32-31-,35-34-,39-38-,40-37-,46-43-,48-45-,55-52-. The topological polar surface area (TPSA) is 78.9 Å². The van der Waals surface area contributed by atoms with E-state index < -0.39 is 6.10 Å². The van der Waals surface area contributed by atoms with E-state index in [1.165, 1.54) is 12.8 Å². The summed E-state index contributed by atoms with van der Waals surface area (Å²) in [6.07, 6.45) is 91.8. The fourth-order valence-electron chi connectivity index (χ4n) is 7.13. The molecule has 6 heteroatoms. The van der Waals surface area contributed by atoms with Crippen molar-refractivity contribution in [2.75, 3.05) is 13.2 Å². The fraction of sp³-hybridized carbons (Fsp3) is 0.522. The molecule has 0 amide bonds. The Morgan fingerprint density at radius 3 is 0.840 bits per heavy atom. The van der Waals surface area contributed by atoms with E-state index in [9.17, 15) is 14.4 Å². The second kappa shape index (κ2) is 61.1. The summed E-state index contributed by atoms with van der Waals surface area (Å²) in [5, 5.41) is 0. The van der Waals surface area contributed by atoms with Crippen LogP contribution >= 0.6 is 0 Å². The Balaban J connectivity index is 4.53. The third-order valence-electron chi connectivity index (χ3n) is 11.4. The van der Waals surface area contributed by atoms with Gasteiger partial charge in [0.2, 0.25) is 0 Å². The third kappa shape index (κ3) is 59.3. The van der Waals surface area contributed by atoms with Gasteiger partial charge >= 0.3 is 17.9 Å². The van der Waals surface area contributed by atoms with Crippen LogP contribution in [0.25, 0.3) is 0 Å². The van der Waals surface area contributed by atoms with E-state index in [0.717, 1.165) is 148 Å². The Morgan fingerprint density at radius 2 is 0.507 bits per heavy atom. The van der Waals surface area contributed by atoms with Gasteiger partial charge in [-0.25, -0.2) is 0 Å². The normalized spacial score (nSPS) is 13.5. The summed E-state index contributed by atoms with van der Waals surface area (Å²) in [5.74, 6) is -1.07. The van der Waals surface area contributed by atoms with Gasteiger partial charge in [-0.05, 0) is 141 Å². The highest BCUT2D eigenvalue weighted by molar-refractivity contribution is 5.71. The minimum Gasteiger partial charge on any atom is -0.462 e. The molecular weight excluding hydrogens is 925 g/mol. The lowest BCUT2D eigenvalue weighted by atomic mass is 10.1. The molecule has 0 bridgehead atoms. The molecule has 0 aromatic rings. The predicted octanol–water partition coefficient (Wildman–Crippen LogP) is 20.1. The number of allylic oxidation sites excluding steroid dienone is 30. The molecule has 0 aliphatic rings. The maximum absolute atomic E-state index is 12.9. The van der Waals surface area contributed by atoms with Crippen molar-refractivity contribution >= 4 is 17.9 Å². The zero-order chi connectivity index (χ0) is 54.3. The molecular formula is C69H104O6. The monoisotopic (exact) mass is 1030 g/mol. The van der Waals surface area contributed by atoms with Gasteiger partial charge in [0.05, 0.1) is 0 Å². The Hall–Kier alpha value is -5.49. The van der Waals surface area contributed by atoms with Gasteiger partial charge in [0.1, 0.15) is 13.2 Å². The molecule has 0 saturated carbocycles. The van der Waals surface area contributed by atoms with Crippen LogP contribution in [0, 0.1) is 0 Å². The average molecular weight is 1030 g/mol. The lowest BCUT2D eigenvalue weighted by molar-refractivity contribution is -0.166. The molecule has 75 heavy (non-hydrogen) atoms. The Morgan fingerprint density at radius 1 is 0.267 bits per heavy atom. The number of esters is 3. The molecule has 0 heterocycles. The summed E-state index contributed by atoms with van der Waals surface area (Å²) >= 11 is 0. The van der Waals surface area contributed by atoms with Crippen molar-refractivity contribution in [3.8, 4) is 0 Å². The molecule has 0 aromatic carbocycles. The molecule has 0 aromatic heterocycles. The minimum absolute atomic E-state index is 0.132. The lowest BCUT2D eigenvalue weighted by Gasteiger charge is -2.18. The van der Waals surface area contributed by atoms with Gasteiger partial charge in [-0.3, -0.25) is 14.4 Å². The quantitative estimate of drug-likeness (QED) is 0.0261. The van der Waals surface area contributed by atoms with E-state index in [1.54, 1.807) is 0 Å². The van der Waals surface area contributed by atoms with Crippen molar-refractivity contribution in [1.29, 1.82) is 0 Å². The Labute approximate surface area is 459 Å². The zero-order valence-corrected chi connectivity index (χ0v) is 47.5. The number of unbranched alkanes of at least 4 members (excludes halogenated alkanes) is 9. The van der Waals surface area contributed by atoms with E-state index >= 15 is 0 Å². The third-order valence-corrected chi connectivity index (χ3v) is 11.4. The number of hydrogen-bond donors (Lipinski definition) is 0. The van der Waals surface area contributed by atoms with Gasteiger partial charge in [-0.1, -0.05) is 235 Å². The molecule has 0 aliphatic heterocycles. The molecule has 6 nitrogen and oxygen atoms in total. The van der Waals surface area contributed by atoms with Crippen molar-refractivity contribution in [2.45, 2.75) is 219 Å². The van der Waals surface area contributed by atoms with Crippen molar-refractivity contribution in [1.82, 2.24) is 0 Å². The molecule has 0 aliphatic carbocycles. The molecule has 0 spiro atoms. The molecule has 0 radical (unpaired) electrons. The maximum Gasteiger partial charge on any atom is 0.306 e. The fourth-order valence-corrected chi connectivity index (χ4v) is 7.13. The van der Waals surface area contributed by atoms with Gasteiger partial charge in [0, 0.05) is 19.3 Å². The summed E-state index contributed by atoms with van der Waals surface area (Å²) in [5.41, 5.74) is 0. The van der Waals surface area contributed by atoms with Crippen molar-refractivity contribution in [3.63, 3.8) is 0 Å². The maximum atomic E-state index is 12.9. The van der Waals surface area contributed by atoms with Gasteiger partial charge < -0.3 is 14.2 Å². The number of hydrogen-bond acceptors (Lipinski definition) is 6. The van der Waals surface area contributed by atoms with Crippen LogP contribution in [0.2, 0.25) is 0 Å². The summed E-state index contributed by atoms with van der Waals surface area (Å²) in [7, 11) is 0. The summed E-state index contributed by atoms with van der Waals surface area (Å²) in [4.78, 5) is 38.2. The van der Waals surface area contributed by atoms with Gasteiger partial charge in [-0.2, -0.15) is 0 Å². The first-order valence-electron chi connectivity index (χ1n) is 29.3. The van der Waals surface area contributed by atoms with Crippen LogP contribution < -0.4 is 0 Å². The van der Waals surface area contributed by atoms with Crippen LogP contribution in [0.1, 0.15) is 213 Å². The molecule has 1 atom stereocenters. The highest BCUT2D eigenvalue weighted by Crippen LogP contribution is 2.12. The SMILES string of the molecule is CC/C=C\C/C=C\C/C=C\C/C=C\C/C=C\C/C=C\CCCCCCCCC(=O)OCC(COC(=O)CC/C=C\C/C=C\C/C=C\C/C=C\CC)OC(=O)CCCCC/C=C\C/C=C\C/C=C\C/C=C\C/C=C\CC. The summed E-state index contributed by atoms with van der Waals surface area (Å²) in [6, 6.07) is 0. The second-order valence-corrected chi connectivity index (χ2v) is 18.4. The first-order valence-corrected chi connectivity index (χ1v) is 29.3. The second-order valence-electron chi connectivity index (χ2n) is 18.4. The molecule has 0 saturated heterocycles. The van der Waals surface area contributed by atoms with Crippen LogP contribution in [0.3, 0.4) is 0 Å². The Kier molecular flexibility index (Phi) is 56.6. The summed E-state index contributed by atoms with van der Waals surface area (Å²) < 4.78 is 16.8. The van der Waals surface area contributed by atoms with Crippen molar-refractivity contribution in [3.05, 3.63) is 182 Å². The van der Waals surface area contributed by atoms with Gasteiger partial charge in [-0.15, -0.1) is 0 Å². The van der Waals surface area contributed by atoms with E-state index in [4.69, 9.17) is 14.2 Å². The molecule has 0 fully saturated rings. The first kappa shape index (κ1) is 69.5. The van der Waals surface area contributed by atoms with Crippen molar-refractivity contribution < 1.29 is 28.6 Å². The van der Waals surface area contributed by atoms with Crippen LogP contribution in [0.15, 0.2) is 182 Å². The molecule has 416 valence electrons. The largest absolute Gasteiger partial charge is 0.462 e. The highest BCUT2D eigenvalue weighted by atomic mass is 16.6. The average Bonchev–Trinajstić information content (AvgIpc) is 3.41. The van der Waals surface area contributed by atoms with E-state index in [0.29, 0.717) is 19.3 Å². The molecule has 0 rings (SSSR count). The van der Waals surface area contributed by atoms with Crippen LogP contribution in [-0.4, -0.2) is 37.2 Å². The number of ether oxygens (including phenoxy) is 3. The smallest absolute Gasteiger partial charge is 0.306 e. The van der Waals surface area contributed by atoms with E-state index in [2.05, 4.69) is 191 Å². The van der Waals surface area contributed by atoms with Crippen LogP contribution in [0.4, 0.5) is 0 Å². The summed E-state index contributed by atoms with van der Waals surface area (Å²) in [6.45, 7) is 6.17. The molecule has 0 N–H and O–H groups in total. The van der Waals surface area contributed by atoms with Crippen LogP contribution in [-0.2, 0) is 28.6 Å². The molecule has 1 unspecified atom stereocenters. The number of carbonyl (C=O) groups is 3. The van der Waals surface area contributed by atoms with Gasteiger partial charge in [0.25, 0.3) is 0 Å². The highest BCUT2D eigenvalue weighted by Gasteiger charge is 2.19. The minimum atomic E-state index is -0.842. The van der Waals surface area contributed by atoms with Gasteiger partial charge in [0.15, 0.2) is 6.10 Å². The number of carbonyl (C=O) groups excluding carboxylic acids is 3. The van der Waals surface area contributed by atoms with Crippen molar-refractivity contribution in [2.24, 2.45) is 0 Å². The lowest BCUT2D eigenvalue weighted by Crippen LogP contribution is -2.30. The predicted molar refractivity (Wildman–Crippen MR) is 324 cm³/mol.